The van der Waals surface area contributed by atoms with Gasteiger partial charge in [-0.1, -0.05) is 18.2 Å². The first-order valence-corrected chi connectivity index (χ1v) is 9.20. The minimum atomic E-state index is -0.388. The van der Waals surface area contributed by atoms with Crippen LogP contribution in [0.2, 0.25) is 0 Å². The van der Waals surface area contributed by atoms with Gasteiger partial charge in [-0.3, -0.25) is 0 Å². The highest BCUT2D eigenvalue weighted by molar-refractivity contribution is 5.97. The number of ether oxygens (including phenoxy) is 2. The number of hydrogen-bond acceptors (Lipinski definition) is 5. The smallest absolute Gasteiger partial charge is 0.335 e. The first-order chi connectivity index (χ1) is 13.2. The van der Waals surface area contributed by atoms with Crippen molar-refractivity contribution in [2.75, 3.05) is 20.3 Å². The van der Waals surface area contributed by atoms with Crippen LogP contribution >= 0.6 is 0 Å². The van der Waals surface area contributed by atoms with E-state index in [1.165, 1.54) is 23.8 Å². The molecule has 6 nitrogen and oxygen atoms in total. The van der Waals surface area contributed by atoms with Crippen molar-refractivity contribution >= 4 is 22.8 Å². The monoisotopic (exact) mass is 364 g/mol. The molecule has 1 aromatic carbocycles. The Hall–Kier alpha value is -3.02. The first-order valence-electron chi connectivity index (χ1n) is 9.20. The molecule has 0 unspecified atom stereocenters. The van der Waals surface area contributed by atoms with Gasteiger partial charge in [-0.2, -0.15) is 0 Å². The number of benzene rings is 1. The summed E-state index contributed by atoms with van der Waals surface area (Å²) in [5, 5.41) is 1.26. The molecule has 5 rings (SSSR count). The van der Waals surface area contributed by atoms with Gasteiger partial charge in [-0.25, -0.2) is 9.59 Å². The van der Waals surface area contributed by atoms with E-state index < -0.39 is 0 Å². The lowest BCUT2D eigenvalue weighted by Gasteiger charge is -2.41. The molecule has 3 aliphatic heterocycles. The number of nitrogens with zero attached hydrogens (tertiary/aromatic N) is 1. The topological polar surface area (TPSA) is 71.6 Å². The second-order valence-corrected chi connectivity index (χ2v) is 7.19. The molecule has 1 N–H and O–H groups in total. The molecule has 0 radical (unpaired) electrons. The number of cyclic esters (lactones) is 1. The Morgan fingerprint density at radius 1 is 1.33 bits per heavy atom. The highest BCUT2D eigenvalue weighted by Gasteiger charge is 2.41. The predicted molar refractivity (Wildman–Crippen MR) is 98.7 cm³/mol. The molecule has 138 valence electrons. The molecule has 0 saturated carbocycles. The van der Waals surface area contributed by atoms with Crippen LogP contribution in [0.3, 0.4) is 0 Å². The number of para-hydroxylation sites is 1. The Morgan fingerprint density at radius 3 is 2.96 bits per heavy atom. The van der Waals surface area contributed by atoms with Crippen molar-refractivity contribution in [2.24, 2.45) is 5.92 Å². The van der Waals surface area contributed by atoms with Crippen LogP contribution in [0.4, 0.5) is 0 Å². The van der Waals surface area contributed by atoms with Crippen LogP contribution in [-0.2, 0) is 25.5 Å². The van der Waals surface area contributed by atoms with Crippen molar-refractivity contribution in [1.82, 2.24) is 9.88 Å². The maximum absolute atomic E-state index is 12.4. The van der Waals surface area contributed by atoms with Crippen LogP contribution in [0, 0.1) is 5.92 Å². The molecule has 1 aromatic heterocycles. The number of aromatic nitrogens is 1. The molecule has 0 saturated heterocycles. The third kappa shape index (κ3) is 2.40. The molecule has 0 fully saturated rings. The summed E-state index contributed by atoms with van der Waals surface area (Å²) < 4.78 is 10.1. The van der Waals surface area contributed by atoms with Crippen LogP contribution in [0.5, 0.6) is 0 Å². The Morgan fingerprint density at radius 2 is 2.19 bits per heavy atom. The number of carbonyl (C=O) groups excluding carboxylic acids is 2. The summed E-state index contributed by atoms with van der Waals surface area (Å²) >= 11 is 0. The lowest BCUT2D eigenvalue weighted by atomic mass is 9.79. The van der Waals surface area contributed by atoms with Gasteiger partial charge in [0.2, 0.25) is 0 Å². The van der Waals surface area contributed by atoms with Gasteiger partial charge < -0.3 is 19.4 Å². The van der Waals surface area contributed by atoms with Crippen LogP contribution in [0.15, 0.2) is 47.7 Å². The number of aromatic amines is 1. The van der Waals surface area contributed by atoms with Gasteiger partial charge in [0.05, 0.1) is 18.7 Å². The zero-order chi connectivity index (χ0) is 18.5. The van der Waals surface area contributed by atoms with Crippen molar-refractivity contribution in [3.63, 3.8) is 0 Å². The second-order valence-electron chi connectivity index (χ2n) is 7.19. The lowest BCUT2D eigenvalue weighted by molar-refractivity contribution is -0.137. The molecular weight excluding hydrogens is 344 g/mol. The predicted octanol–water partition coefficient (Wildman–Crippen LogP) is 2.63. The average Bonchev–Trinajstić information content (AvgIpc) is 3.29. The third-order valence-corrected chi connectivity index (χ3v) is 5.89. The van der Waals surface area contributed by atoms with E-state index in [-0.39, 0.29) is 30.5 Å². The van der Waals surface area contributed by atoms with E-state index in [4.69, 9.17) is 9.47 Å². The normalized spacial score (nSPS) is 24.0. The van der Waals surface area contributed by atoms with Crippen molar-refractivity contribution in [3.8, 4) is 0 Å². The van der Waals surface area contributed by atoms with Gasteiger partial charge in [0, 0.05) is 40.8 Å². The quantitative estimate of drug-likeness (QED) is 0.830. The molecule has 0 aliphatic carbocycles. The zero-order valence-electron chi connectivity index (χ0n) is 15.0. The Bertz CT molecular complexity index is 1020. The largest absolute Gasteiger partial charge is 0.466 e. The van der Waals surface area contributed by atoms with E-state index in [2.05, 4.69) is 28.1 Å². The summed E-state index contributed by atoms with van der Waals surface area (Å²) in [6, 6.07) is 8.41. The highest BCUT2D eigenvalue weighted by Crippen LogP contribution is 2.45. The Labute approximate surface area is 156 Å². The maximum atomic E-state index is 12.4. The summed E-state index contributed by atoms with van der Waals surface area (Å²) in [6.07, 6.45) is 5.22. The molecule has 0 bridgehead atoms. The molecule has 2 aromatic rings. The number of H-pyrrole nitrogens is 1. The number of nitrogens with one attached hydrogen (secondary N) is 1. The first kappa shape index (κ1) is 16.2. The van der Waals surface area contributed by atoms with Crippen LogP contribution < -0.4 is 0 Å². The van der Waals surface area contributed by atoms with E-state index in [9.17, 15) is 9.59 Å². The number of methoxy groups -OCH3 is 1. The minimum Gasteiger partial charge on any atom is -0.466 e. The van der Waals surface area contributed by atoms with Gasteiger partial charge >= 0.3 is 11.9 Å². The van der Waals surface area contributed by atoms with E-state index in [0.717, 1.165) is 18.5 Å². The second kappa shape index (κ2) is 6.01. The number of carbonyl (C=O) groups is 2. The Balaban J connectivity index is 1.61. The summed E-state index contributed by atoms with van der Waals surface area (Å²) in [7, 11) is 1.37. The molecular formula is C21H20N2O4. The molecule has 4 heterocycles. The van der Waals surface area contributed by atoms with Crippen molar-refractivity contribution in [3.05, 3.63) is 58.9 Å². The molecule has 2 atom stereocenters. The minimum absolute atomic E-state index is 0.0915. The molecule has 0 amide bonds. The molecule has 27 heavy (non-hydrogen) atoms. The molecule has 6 heteroatoms. The van der Waals surface area contributed by atoms with Gasteiger partial charge in [0.1, 0.15) is 6.61 Å². The van der Waals surface area contributed by atoms with Gasteiger partial charge in [-0.05, 0) is 30.5 Å². The number of esters is 2. The highest BCUT2D eigenvalue weighted by atomic mass is 16.5. The summed E-state index contributed by atoms with van der Waals surface area (Å²) in [5.41, 5.74) is 4.74. The number of hydrogen-bond donors (Lipinski definition) is 1. The van der Waals surface area contributed by atoms with E-state index in [1.54, 1.807) is 6.08 Å². The van der Waals surface area contributed by atoms with Crippen molar-refractivity contribution in [2.45, 2.75) is 18.9 Å². The van der Waals surface area contributed by atoms with Crippen LogP contribution in [0.25, 0.3) is 10.9 Å². The average molecular weight is 364 g/mol. The Kier molecular flexibility index (Phi) is 3.60. The van der Waals surface area contributed by atoms with Gasteiger partial charge in [-0.15, -0.1) is 0 Å². The number of rotatable bonds is 2. The fourth-order valence-corrected chi connectivity index (χ4v) is 4.63. The summed E-state index contributed by atoms with van der Waals surface area (Å²) in [4.78, 5) is 30.4. The van der Waals surface area contributed by atoms with E-state index >= 15 is 0 Å². The van der Waals surface area contributed by atoms with Crippen molar-refractivity contribution in [1.29, 1.82) is 0 Å². The fourth-order valence-electron chi connectivity index (χ4n) is 4.63. The number of fused-ring (bicyclic) bond motifs is 5. The fraction of sp³-hybridized carbons (Fsp3) is 0.333. The SMILES string of the molecule is COC(=O)C1=CN2CCc3c([nH]c4ccccc34)[C@@H]2C[C@H]1C1=CCOC1=O. The van der Waals surface area contributed by atoms with E-state index in [0.29, 0.717) is 17.6 Å². The lowest BCUT2D eigenvalue weighted by Crippen LogP contribution is -2.39. The standard InChI is InChI=1S/C21H20N2O4/c1-26-20(24)16-11-23-8-6-13-12-4-2-3-5-17(12)22-19(13)18(23)10-15(16)14-7-9-27-21(14)25/h2-5,7,11,15,18,22H,6,8-10H2,1H3/t15-,18-/m0/s1. The third-order valence-electron chi connectivity index (χ3n) is 5.89. The summed E-state index contributed by atoms with van der Waals surface area (Å²) in [5.74, 6) is -1.04. The summed E-state index contributed by atoms with van der Waals surface area (Å²) in [6.45, 7) is 1.10. The van der Waals surface area contributed by atoms with E-state index in [1.807, 2.05) is 12.3 Å². The van der Waals surface area contributed by atoms with Crippen molar-refractivity contribution < 1.29 is 19.1 Å². The van der Waals surface area contributed by atoms with Gasteiger partial charge in [0.15, 0.2) is 0 Å². The molecule has 0 spiro atoms. The molecule has 3 aliphatic rings. The van der Waals surface area contributed by atoms with Crippen LogP contribution in [-0.4, -0.2) is 42.1 Å². The van der Waals surface area contributed by atoms with Crippen LogP contribution in [0.1, 0.15) is 23.7 Å². The van der Waals surface area contributed by atoms with Gasteiger partial charge in [0.25, 0.3) is 0 Å². The maximum Gasteiger partial charge on any atom is 0.335 e. The zero-order valence-corrected chi connectivity index (χ0v) is 15.0.